The number of aromatic nitrogens is 3. The Morgan fingerprint density at radius 3 is 2.55 bits per heavy atom. The molecule has 29 heavy (non-hydrogen) atoms. The van der Waals surface area contributed by atoms with E-state index < -0.39 is 0 Å². The molecule has 1 aliphatic heterocycles. The van der Waals surface area contributed by atoms with Gasteiger partial charge in [0.15, 0.2) is 0 Å². The number of hydrogen-bond donors (Lipinski definition) is 0. The van der Waals surface area contributed by atoms with E-state index in [4.69, 9.17) is 9.72 Å². The van der Waals surface area contributed by atoms with Crippen molar-refractivity contribution in [3.63, 3.8) is 0 Å². The Hall–Kier alpha value is -3.30. The second-order valence-electron chi connectivity index (χ2n) is 7.44. The molecule has 0 unspecified atom stereocenters. The highest BCUT2D eigenvalue weighted by atomic mass is 16.5. The average molecular weight is 385 g/mol. The van der Waals surface area contributed by atoms with Crippen molar-refractivity contribution in [2.24, 2.45) is 0 Å². The number of nitrogens with zero attached hydrogens (tertiary/aromatic N) is 5. The third-order valence-corrected chi connectivity index (χ3v) is 4.99. The van der Waals surface area contributed by atoms with Crippen LogP contribution in [0.4, 0.5) is 5.95 Å². The lowest BCUT2D eigenvalue weighted by atomic mass is 9.98. The van der Waals surface area contributed by atoms with E-state index in [1.807, 2.05) is 49.5 Å². The zero-order chi connectivity index (χ0) is 20.4. The van der Waals surface area contributed by atoms with E-state index in [0.717, 1.165) is 41.2 Å². The van der Waals surface area contributed by atoms with Crippen molar-refractivity contribution < 1.29 is 4.74 Å². The van der Waals surface area contributed by atoms with Crippen LogP contribution in [0.15, 0.2) is 48.8 Å². The van der Waals surface area contributed by atoms with Gasteiger partial charge in [0.2, 0.25) is 5.95 Å². The van der Waals surface area contributed by atoms with Crippen LogP contribution in [0, 0.1) is 18.3 Å². The van der Waals surface area contributed by atoms with Crippen LogP contribution in [-0.4, -0.2) is 40.2 Å². The zero-order valence-electron chi connectivity index (χ0n) is 16.8. The number of rotatable bonds is 3. The van der Waals surface area contributed by atoms with E-state index >= 15 is 0 Å². The monoisotopic (exact) mass is 385 g/mol. The molecule has 6 heteroatoms. The van der Waals surface area contributed by atoms with Crippen LogP contribution in [0.25, 0.3) is 22.4 Å². The highest BCUT2D eigenvalue weighted by Gasteiger charge is 2.25. The summed E-state index contributed by atoms with van der Waals surface area (Å²) in [5.41, 5.74) is 4.93. The number of nitriles is 1. The van der Waals surface area contributed by atoms with Crippen LogP contribution in [-0.2, 0) is 4.74 Å². The normalized spacial score (nSPS) is 19.0. The first kappa shape index (κ1) is 19.0. The summed E-state index contributed by atoms with van der Waals surface area (Å²) in [7, 11) is 0. The number of morpholine rings is 1. The van der Waals surface area contributed by atoms with Crippen molar-refractivity contribution in [1.29, 1.82) is 5.26 Å². The Balaban J connectivity index is 1.88. The van der Waals surface area contributed by atoms with Gasteiger partial charge in [-0.1, -0.05) is 18.2 Å². The molecule has 1 aliphatic rings. The van der Waals surface area contributed by atoms with Crippen molar-refractivity contribution in [1.82, 2.24) is 15.0 Å². The number of hydrogen-bond acceptors (Lipinski definition) is 6. The van der Waals surface area contributed by atoms with Gasteiger partial charge in [0, 0.05) is 42.3 Å². The average Bonchev–Trinajstić information content (AvgIpc) is 2.72. The first-order valence-corrected chi connectivity index (χ1v) is 9.75. The maximum atomic E-state index is 9.64. The van der Waals surface area contributed by atoms with Crippen molar-refractivity contribution in [3.8, 4) is 28.5 Å². The fourth-order valence-corrected chi connectivity index (χ4v) is 3.78. The molecule has 0 N–H and O–H groups in total. The molecule has 2 aromatic heterocycles. The minimum Gasteiger partial charge on any atom is -0.372 e. The van der Waals surface area contributed by atoms with Gasteiger partial charge in [0.05, 0.1) is 29.5 Å². The third-order valence-electron chi connectivity index (χ3n) is 4.99. The molecule has 3 heterocycles. The molecule has 0 radical (unpaired) electrons. The smallest absolute Gasteiger partial charge is 0.226 e. The molecule has 146 valence electrons. The van der Waals surface area contributed by atoms with Gasteiger partial charge < -0.3 is 9.64 Å². The quantitative estimate of drug-likeness (QED) is 0.678. The van der Waals surface area contributed by atoms with Crippen LogP contribution in [0.3, 0.4) is 0 Å². The highest BCUT2D eigenvalue weighted by Crippen LogP contribution is 2.33. The summed E-state index contributed by atoms with van der Waals surface area (Å²) in [5.74, 6) is 0.657. The lowest BCUT2D eigenvalue weighted by Crippen LogP contribution is -2.46. The summed E-state index contributed by atoms with van der Waals surface area (Å²) >= 11 is 0. The molecule has 0 saturated carbocycles. The van der Waals surface area contributed by atoms with Gasteiger partial charge in [-0.15, -0.1) is 0 Å². The maximum absolute atomic E-state index is 9.64. The molecule has 2 atom stereocenters. The first-order chi connectivity index (χ1) is 14.0. The van der Waals surface area contributed by atoms with Crippen molar-refractivity contribution >= 4 is 5.95 Å². The van der Waals surface area contributed by atoms with E-state index in [-0.39, 0.29) is 12.2 Å². The molecule has 0 amide bonds. The Kier molecular flexibility index (Phi) is 5.24. The molecule has 1 saturated heterocycles. The molecule has 0 aliphatic carbocycles. The number of benzene rings is 1. The fourth-order valence-electron chi connectivity index (χ4n) is 3.78. The van der Waals surface area contributed by atoms with Crippen molar-refractivity contribution in [3.05, 3.63) is 60.0 Å². The van der Waals surface area contributed by atoms with Crippen LogP contribution in [0.5, 0.6) is 0 Å². The van der Waals surface area contributed by atoms with Crippen LogP contribution in [0.2, 0.25) is 0 Å². The van der Waals surface area contributed by atoms with Crippen LogP contribution < -0.4 is 4.90 Å². The predicted molar refractivity (Wildman–Crippen MR) is 112 cm³/mol. The maximum Gasteiger partial charge on any atom is 0.226 e. The second-order valence-corrected chi connectivity index (χ2v) is 7.44. The van der Waals surface area contributed by atoms with E-state index in [9.17, 15) is 5.26 Å². The highest BCUT2D eigenvalue weighted by molar-refractivity contribution is 5.83. The Bertz CT molecular complexity index is 1060. The van der Waals surface area contributed by atoms with Crippen molar-refractivity contribution in [2.75, 3.05) is 18.0 Å². The molecule has 0 spiro atoms. The van der Waals surface area contributed by atoms with Gasteiger partial charge in [-0.3, -0.25) is 4.98 Å². The van der Waals surface area contributed by atoms with Gasteiger partial charge in [-0.2, -0.15) is 5.26 Å². The topological polar surface area (TPSA) is 74.9 Å². The molecule has 6 nitrogen and oxygen atoms in total. The first-order valence-electron chi connectivity index (χ1n) is 9.75. The number of pyridine rings is 1. The number of aryl methyl sites for hydroxylation is 1. The molecule has 0 bridgehead atoms. The number of ether oxygens (including phenoxy) is 1. The van der Waals surface area contributed by atoms with Crippen molar-refractivity contribution in [2.45, 2.75) is 33.0 Å². The second kappa shape index (κ2) is 7.98. The lowest BCUT2D eigenvalue weighted by molar-refractivity contribution is -0.00571. The molecule has 1 aromatic carbocycles. The Morgan fingerprint density at radius 2 is 1.83 bits per heavy atom. The van der Waals surface area contributed by atoms with Crippen LogP contribution in [0.1, 0.15) is 25.1 Å². The summed E-state index contributed by atoms with van der Waals surface area (Å²) in [6, 6.07) is 13.8. The van der Waals surface area contributed by atoms with E-state index in [2.05, 4.69) is 34.8 Å². The molecular formula is C23H23N5O. The zero-order valence-corrected chi connectivity index (χ0v) is 16.8. The van der Waals surface area contributed by atoms with E-state index in [1.54, 1.807) is 6.20 Å². The van der Waals surface area contributed by atoms with Gasteiger partial charge in [-0.25, -0.2) is 9.97 Å². The molecule has 3 aromatic rings. The Labute approximate surface area is 170 Å². The SMILES string of the molecule is Cc1cc(-c2cnc(N3C[C@@H](C)O[C@@H](C)C3)nc2-c2ccccc2C#N)ccn1. The summed E-state index contributed by atoms with van der Waals surface area (Å²) in [6.07, 6.45) is 3.86. The molecule has 1 fully saturated rings. The minimum absolute atomic E-state index is 0.111. The fraction of sp³-hybridized carbons (Fsp3) is 0.304. The molecule has 4 rings (SSSR count). The van der Waals surface area contributed by atoms with Gasteiger partial charge >= 0.3 is 0 Å². The van der Waals surface area contributed by atoms with Crippen LogP contribution >= 0.6 is 0 Å². The summed E-state index contributed by atoms with van der Waals surface area (Å²) < 4.78 is 5.85. The third kappa shape index (κ3) is 3.96. The van der Waals surface area contributed by atoms with E-state index in [1.165, 1.54) is 0 Å². The Morgan fingerprint density at radius 1 is 1.07 bits per heavy atom. The van der Waals surface area contributed by atoms with Gasteiger partial charge in [0.1, 0.15) is 0 Å². The van der Waals surface area contributed by atoms with Gasteiger partial charge in [-0.05, 0) is 44.5 Å². The summed E-state index contributed by atoms with van der Waals surface area (Å²) in [4.78, 5) is 16.1. The summed E-state index contributed by atoms with van der Waals surface area (Å²) in [5, 5.41) is 9.64. The minimum atomic E-state index is 0.111. The largest absolute Gasteiger partial charge is 0.372 e. The van der Waals surface area contributed by atoms with Gasteiger partial charge in [0.25, 0.3) is 0 Å². The molecular weight excluding hydrogens is 362 g/mol. The standard InChI is InChI=1S/C23H23N5O/c1-15-10-18(8-9-25-15)21-12-26-23(28-13-16(2)29-17(3)14-28)27-22(21)20-7-5-4-6-19(20)11-24/h4-10,12,16-17H,13-14H2,1-3H3/t16-,17+. The lowest BCUT2D eigenvalue weighted by Gasteiger charge is -2.35. The number of anilines is 1. The summed E-state index contributed by atoms with van der Waals surface area (Å²) in [6.45, 7) is 7.54. The predicted octanol–water partition coefficient (Wildman–Crippen LogP) is 4.00. The van der Waals surface area contributed by atoms with E-state index in [0.29, 0.717) is 11.5 Å².